The fraction of sp³-hybridized carbons (Fsp3) is 0. The third-order valence-electron chi connectivity index (χ3n) is 4.12. The van der Waals surface area contributed by atoms with Crippen molar-refractivity contribution in [3.63, 3.8) is 0 Å². The standard InChI is InChI=1S/C17H11Cl2N3O3S/c18-9-4-5-12-11(7-9)15-16(21-12)13(14(19)17(23)22-15)8-2-1-3-10(6-8)26(20,24)25/h1-7,21H,(H,22,23)(H2,20,24,25). The fourth-order valence-corrected chi connectivity index (χ4v) is 3.96. The smallest absolute Gasteiger partial charge is 0.267 e. The van der Waals surface area contributed by atoms with Crippen LogP contribution in [0.25, 0.3) is 33.1 Å². The zero-order valence-corrected chi connectivity index (χ0v) is 15.3. The number of nitrogens with one attached hydrogen (secondary N) is 2. The number of pyridine rings is 1. The average molecular weight is 408 g/mol. The van der Waals surface area contributed by atoms with Crippen LogP contribution in [0.5, 0.6) is 0 Å². The van der Waals surface area contributed by atoms with Gasteiger partial charge in [0.1, 0.15) is 5.02 Å². The highest BCUT2D eigenvalue weighted by Gasteiger charge is 2.18. The van der Waals surface area contributed by atoms with Crippen LogP contribution in [0.2, 0.25) is 10.0 Å². The summed E-state index contributed by atoms with van der Waals surface area (Å²) in [4.78, 5) is 18.2. The summed E-state index contributed by atoms with van der Waals surface area (Å²) >= 11 is 12.3. The number of hydrogen-bond acceptors (Lipinski definition) is 3. The van der Waals surface area contributed by atoms with Crippen molar-refractivity contribution in [2.24, 2.45) is 5.14 Å². The van der Waals surface area contributed by atoms with E-state index >= 15 is 0 Å². The van der Waals surface area contributed by atoms with E-state index in [9.17, 15) is 13.2 Å². The van der Waals surface area contributed by atoms with Gasteiger partial charge in [0.25, 0.3) is 5.56 Å². The van der Waals surface area contributed by atoms with Gasteiger partial charge in [-0.25, -0.2) is 13.6 Å². The van der Waals surface area contributed by atoms with E-state index in [1.165, 1.54) is 18.2 Å². The van der Waals surface area contributed by atoms with Gasteiger partial charge in [-0.05, 0) is 35.9 Å². The minimum atomic E-state index is -3.90. The van der Waals surface area contributed by atoms with Crippen LogP contribution in [0.15, 0.2) is 52.2 Å². The molecule has 0 amide bonds. The number of nitrogens with two attached hydrogens (primary N) is 1. The highest BCUT2D eigenvalue weighted by Crippen LogP contribution is 2.36. The summed E-state index contributed by atoms with van der Waals surface area (Å²) in [5.41, 5.74) is 2.21. The molecule has 2 heterocycles. The van der Waals surface area contributed by atoms with Crippen LogP contribution in [0.1, 0.15) is 0 Å². The topological polar surface area (TPSA) is 109 Å². The van der Waals surface area contributed by atoms with E-state index in [2.05, 4.69) is 9.97 Å². The number of H-pyrrole nitrogens is 2. The van der Waals surface area contributed by atoms with Gasteiger partial charge in [-0.1, -0.05) is 35.3 Å². The SMILES string of the molecule is NS(=O)(=O)c1cccc(-c2c(Cl)c(=O)[nH]c3c2[nH]c2ccc(Cl)cc23)c1. The lowest BCUT2D eigenvalue weighted by Crippen LogP contribution is -2.12. The molecule has 0 saturated heterocycles. The number of aromatic amines is 2. The molecule has 4 rings (SSSR count). The number of benzene rings is 2. The van der Waals surface area contributed by atoms with E-state index in [0.717, 1.165) is 10.9 Å². The van der Waals surface area contributed by atoms with Crippen molar-refractivity contribution in [2.75, 3.05) is 0 Å². The Bertz CT molecular complexity index is 1360. The Balaban J connectivity index is 2.14. The van der Waals surface area contributed by atoms with Gasteiger partial charge in [-0.15, -0.1) is 0 Å². The zero-order valence-electron chi connectivity index (χ0n) is 13.0. The molecular weight excluding hydrogens is 397 g/mol. The highest BCUT2D eigenvalue weighted by molar-refractivity contribution is 7.89. The molecule has 0 saturated carbocycles. The average Bonchev–Trinajstić information content (AvgIpc) is 2.92. The summed E-state index contributed by atoms with van der Waals surface area (Å²) in [7, 11) is -3.90. The Hall–Kier alpha value is -2.32. The number of fused-ring (bicyclic) bond motifs is 3. The van der Waals surface area contributed by atoms with Crippen molar-refractivity contribution in [3.05, 3.63) is 62.9 Å². The molecule has 0 atom stereocenters. The molecule has 26 heavy (non-hydrogen) atoms. The van der Waals surface area contributed by atoms with Crippen LogP contribution in [-0.2, 0) is 10.0 Å². The van der Waals surface area contributed by atoms with Crippen molar-refractivity contribution in [1.82, 2.24) is 9.97 Å². The van der Waals surface area contributed by atoms with Gasteiger partial charge in [-0.2, -0.15) is 0 Å². The van der Waals surface area contributed by atoms with Crippen LogP contribution in [0.3, 0.4) is 0 Å². The summed E-state index contributed by atoms with van der Waals surface area (Å²) in [5.74, 6) is 0. The van der Waals surface area contributed by atoms with Gasteiger partial charge < -0.3 is 9.97 Å². The first-order valence-corrected chi connectivity index (χ1v) is 9.72. The monoisotopic (exact) mass is 407 g/mol. The van der Waals surface area contributed by atoms with Gasteiger partial charge in [-0.3, -0.25) is 4.79 Å². The first-order chi connectivity index (χ1) is 12.3. The molecule has 132 valence electrons. The summed E-state index contributed by atoms with van der Waals surface area (Å²) in [5, 5.41) is 6.40. The van der Waals surface area contributed by atoms with Crippen molar-refractivity contribution >= 4 is 55.2 Å². The fourth-order valence-electron chi connectivity index (χ4n) is 2.97. The minimum Gasteiger partial charge on any atom is -0.353 e. The van der Waals surface area contributed by atoms with E-state index in [1.54, 1.807) is 24.3 Å². The minimum absolute atomic E-state index is 0.0540. The van der Waals surface area contributed by atoms with Crippen LogP contribution in [0, 0.1) is 0 Å². The second-order valence-corrected chi connectivity index (χ2v) is 8.16. The van der Waals surface area contributed by atoms with Crippen LogP contribution >= 0.6 is 23.2 Å². The molecule has 4 N–H and O–H groups in total. The molecule has 0 aliphatic carbocycles. The summed E-state index contributed by atoms with van der Waals surface area (Å²) in [6, 6.07) is 11.2. The second-order valence-electron chi connectivity index (χ2n) is 5.78. The normalized spacial score (nSPS) is 12.1. The summed E-state index contributed by atoms with van der Waals surface area (Å²) < 4.78 is 23.3. The molecule has 4 aromatic rings. The lowest BCUT2D eigenvalue weighted by Gasteiger charge is -2.08. The predicted octanol–water partition coefficient (Wildman–Crippen LogP) is 3.63. The maximum Gasteiger partial charge on any atom is 0.267 e. The van der Waals surface area contributed by atoms with Crippen LogP contribution in [0.4, 0.5) is 0 Å². The van der Waals surface area contributed by atoms with Gasteiger partial charge in [0.2, 0.25) is 10.0 Å². The van der Waals surface area contributed by atoms with E-state index in [1.807, 2.05) is 0 Å². The predicted molar refractivity (Wildman–Crippen MR) is 103 cm³/mol. The molecule has 0 aliphatic heterocycles. The maximum absolute atomic E-state index is 12.4. The Morgan fingerprint density at radius 2 is 1.73 bits per heavy atom. The maximum atomic E-state index is 12.4. The molecule has 0 spiro atoms. The van der Waals surface area contributed by atoms with E-state index in [4.69, 9.17) is 28.3 Å². The third kappa shape index (κ3) is 2.69. The van der Waals surface area contributed by atoms with Gasteiger partial charge in [0.05, 0.1) is 15.9 Å². The number of sulfonamides is 1. The largest absolute Gasteiger partial charge is 0.353 e. The molecule has 9 heteroatoms. The summed E-state index contributed by atoms with van der Waals surface area (Å²) in [6.45, 7) is 0. The van der Waals surface area contributed by atoms with Crippen molar-refractivity contribution in [2.45, 2.75) is 4.90 Å². The van der Waals surface area contributed by atoms with Crippen LogP contribution in [-0.4, -0.2) is 18.4 Å². The number of primary sulfonamides is 1. The van der Waals surface area contributed by atoms with E-state index in [-0.39, 0.29) is 9.92 Å². The first kappa shape index (κ1) is 17.1. The molecule has 2 aromatic heterocycles. The molecule has 0 radical (unpaired) electrons. The molecule has 0 fully saturated rings. The Labute approximate surface area is 157 Å². The highest BCUT2D eigenvalue weighted by atomic mass is 35.5. The molecule has 0 unspecified atom stereocenters. The van der Waals surface area contributed by atoms with E-state index in [0.29, 0.717) is 27.2 Å². The van der Waals surface area contributed by atoms with Crippen molar-refractivity contribution in [3.8, 4) is 11.1 Å². The summed E-state index contributed by atoms with van der Waals surface area (Å²) in [6.07, 6.45) is 0. The Morgan fingerprint density at radius 3 is 2.46 bits per heavy atom. The number of aromatic nitrogens is 2. The molecule has 0 aliphatic rings. The lowest BCUT2D eigenvalue weighted by molar-refractivity contribution is 0.598. The quantitative estimate of drug-likeness (QED) is 0.471. The van der Waals surface area contributed by atoms with Crippen molar-refractivity contribution < 1.29 is 8.42 Å². The van der Waals surface area contributed by atoms with Gasteiger partial charge in [0, 0.05) is 21.5 Å². The number of rotatable bonds is 2. The lowest BCUT2D eigenvalue weighted by atomic mass is 10.0. The first-order valence-electron chi connectivity index (χ1n) is 7.41. The second kappa shape index (κ2) is 5.85. The van der Waals surface area contributed by atoms with Gasteiger partial charge >= 0.3 is 0 Å². The zero-order chi connectivity index (χ0) is 18.6. The number of halogens is 2. The van der Waals surface area contributed by atoms with Crippen LogP contribution < -0.4 is 10.7 Å². The van der Waals surface area contributed by atoms with Crippen molar-refractivity contribution in [1.29, 1.82) is 0 Å². The molecule has 2 aromatic carbocycles. The molecular formula is C17H11Cl2N3O3S. The molecule has 6 nitrogen and oxygen atoms in total. The Kier molecular flexibility index (Phi) is 3.85. The third-order valence-corrected chi connectivity index (χ3v) is 5.63. The van der Waals surface area contributed by atoms with Gasteiger partial charge in [0.15, 0.2) is 0 Å². The van der Waals surface area contributed by atoms with E-state index < -0.39 is 15.6 Å². The molecule has 0 bridgehead atoms. The Morgan fingerprint density at radius 1 is 0.962 bits per heavy atom. The number of hydrogen-bond donors (Lipinski definition) is 3.